The molecule has 2 amide bonds. The van der Waals surface area contributed by atoms with Gasteiger partial charge >= 0.3 is 0 Å². The summed E-state index contributed by atoms with van der Waals surface area (Å²) in [4.78, 5) is 33.8. The van der Waals surface area contributed by atoms with Crippen LogP contribution in [-0.4, -0.2) is 23.3 Å². The number of halogens is 2. The van der Waals surface area contributed by atoms with Crippen LogP contribution in [0, 0.1) is 10.1 Å². The van der Waals surface area contributed by atoms with Crippen molar-refractivity contribution in [3.05, 3.63) is 67.6 Å². The minimum atomic E-state index is -0.542. The van der Waals surface area contributed by atoms with Gasteiger partial charge in [0.15, 0.2) is 0 Å². The molecule has 0 radical (unpaired) electrons. The van der Waals surface area contributed by atoms with E-state index in [4.69, 9.17) is 11.6 Å². The predicted molar refractivity (Wildman–Crippen MR) is 97.8 cm³/mol. The van der Waals surface area contributed by atoms with Gasteiger partial charge in [-0.25, -0.2) is 0 Å². The Morgan fingerprint density at radius 2 is 1.84 bits per heavy atom. The Morgan fingerprint density at radius 1 is 1.16 bits per heavy atom. The first-order valence-corrected chi connectivity index (χ1v) is 8.31. The number of anilines is 1. The molecule has 2 N–H and O–H groups in total. The van der Waals surface area contributed by atoms with Crippen molar-refractivity contribution in [2.24, 2.45) is 0 Å². The van der Waals surface area contributed by atoms with Gasteiger partial charge in [-0.05, 0) is 30.3 Å². The molecule has 130 valence electrons. The lowest BCUT2D eigenvalue weighted by atomic mass is 10.2. The van der Waals surface area contributed by atoms with Crippen LogP contribution in [0.5, 0.6) is 0 Å². The summed E-state index contributed by atoms with van der Waals surface area (Å²) in [5.41, 5.74) is 0.667. The molecule has 0 fully saturated rings. The normalized spacial score (nSPS) is 10.2. The molecule has 2 rings (SSSR count). The van der Waals surface area contributed by atoms with Gasteiger partial charge < -0.3 is 10.6 Å². The third-order valence-corrected chi connectivity index (χ3v) is 3.99. The zero-order valence-electron chi connectivity index (χ0n) is 12.8. The lowest BCUT2D eigenvalue weighted by molar-refractivity contribution is -0.384. The molecule has 0 spiro atoms. The van der Waals surface area contributed by atoms with Crippen LogP contribution in [0.15, 0.2) is 46.9 Å². The zero-order valence-corrected chi connectivity index (χ0v) is 15.1. The molecule has 7 nitrogen and oxygen atoms in total. The van der Waals surface area contributed by atoms with E-state index >= 15 is 0 Å². The van der Waals surface area contributed by atoms with E-state index in [1.54, 1.807) is 18.2 Å². The molecule has 0 saturated heterocycles. The summed E-state index contributed by atoms with van der Waals surface area (Å²) in [7, 11) is 0. The van der Waals surface area contributed by atoms with Crippen molar-refractivity contribution in [2.45, 2.75) is 6.42 Å². The number of non-ortho nitro benzene ring substituents is 1. The molecule has 2 aromatic carbocycles. The van der Waals surface area contributed by atoms with E-state index in [2.05, 4.69) is 26.6 Å². The number of hydrogen-bond acceptors (Lipinski definition) is 4. The van der Waals surface area contributed by atoms with Gasteiger partial charge in [0.2, 0.25) is 5.91 Å². The van der Waals surface area contributed by atoms with Crippen molar-refractivity contribution in [1.82, 2.24) is 5.32 Å². The molecule has 9 heteroatoms. The summed E-state index contributed by atoms with van der Waals surface area (Å²) in [5, 5.41) is 16.2. The Bertz CT molecular complexity index is 812. The highest BCUT2D eigenvalue weighted by molar-refractivity contribution is 9.10. The summed E-state index contributed by atoms with van der Waals surface area (Å²) >= 11 is 9.28. The largest absolute Gasteiger partial charge is 0.352 e. The second kappa shape index (κ2) is 8.59. The first-order valence-electron chi connectivity index (χ1n) is 7.14. The molecular weight excluding hydrogens is 414 g/mol. The number of amides is 2. The number of rotatable bonds is 6. The van der Waals surface area contributed by atoms with Crippen molar-refractivity contribution in [2.75, 3.05) is 11.9 Å². The standard InChI is InChI=1S/C16H13BrClN3O4/c17-11-3-6-14(13(18)9-11)20-15(22)7-8-19-16(23)10-1-4-12(5-2-10)21(24)25/h1-6,9H,7-8H2,(H,19,23)(H,20,22). The molecule has 0 saturated carbocycles. The fraction of sp³-hybridized carbons (Fsp3) is 0.125. The molecule has 0 aliphatic heterocycles. The number of benzene rings is 2. The van der Waals surface area contributed by atoms with Crippen LogP contribution in [0.3, 0.4) is 0 Å². The summed E-state index contributed by atoms with van der Waals surface area (Å²) in [6.45, 7) is 0.121. The van der Waals surface area contributed by atoms with Crippen LogP contribution in [-0.2, 0) is 4.79 Å². The summed E-state index contributed by atoms with van der Waals surface area (Å²) in [6.07, 6.45) is 0.0606. The molecule has 0 aliphatic carbocycles. The summed E-state index contributed by atoms with van der Waals surface area (Å²) in [6, 6.07) is 10.3. The molecular formula is C16H13BrClN3O4. The second-order valence-electron chi connectivity index (χ2n) is 4.98. The maximum Gasteiger partial charge on any atom is 0.269 e. The van der Waals surface area contributed by atoms with Crippen LogP contribution < -0.4 is 10.6 Å². The third kappa shape index (κ3) is 5.54. The monoisotopic (exact) mass is 425 g/mol. The van der Waals surface area contributed by atoms with Crippen molar-refractivity contribution < 1.29 is 14.5 Å². The topological polar surface area (TPSA) is 101 Å². The van der Waals surface area contributed by atoms with E-state index in [-0.39, 0.29) is 30.1 Å². The molecule has 0 aliphatic rings. The lowest BCUT2D eigenvalue weighted by Gasteiger charge is -2.08. The fourth-order valence-corrected chi connectivity index (χ4v) is 2.65. The van der Waals surface area contributed by atoms with Gasteiger partial charge in [0.1, 0.15) is 0 Å². The van der Waals surface area contributed by atoms with E-state index in [0.717, 1.165) is 4.47 Å². The van der Waals surface area contributed by atoms with Crippen LogP contribution in [0.25, 0.3) is 0 Å². The van der Waals surface area contributed by atoms with Gasteiger partial charge in [-0.2, -0.15) is 0 Å². The number of nitro groups is 1. The average molecular weight is 427 g/mol. The Balaban J connectivity index is 1.82. The minimum Gasteiger partial charge on any atom is -0.352 e. The molecule has 2 aromatic rings. The van der Waals surface area contributed by atoms with E-state index in [0.29, 0.717) is 10.7 Å². The van der Waals surface area contributed by atoms with Gasteiger partial charge in [0.25, 0.3) is 11.6 Å². The molecule has 0 heterocycles. The van der Waals surface area contributed by atoms with E-state index in [1.807, 2.05) is 0 Å². The number of nitro benzene ring substituents is 1. The Morgan fingerprint density at radius 3 is 2.44 bits per heavy atom. The third-order valence-electron chi connectivity index (χ3n) is 3.18. The van der Waals surface area contributed by atoms with Crippen molar-refractivity contribution >= 4 is 50.7 Å². The molecule has 0 unspecified atom stereocenters. The number of nitrogens with one attached hydrogen (secondary N) is 2. The van der Waals surface area contributed by atoms with Crippen molar-refractivity contribution in [1.29, 1.82) is 0 Å². The van der Waals surface area contributed by atoms with Gasteiger partial charge in [-0.3, -0.25) is 19.7 Å². The van der Waals surface area contributed by atoms with Crippen molar-refractivity contribution in [3.63, 3.8) is 0 Å². The van der Waals surface area contributed by atoms with Gasteiger partial charge in [-0.15, -0.1) is 0 Å². The first-order chi connectivity index (χ1) is 11.9. The minimum absolute atomic E-state index is 0.0606. The highest BCUT2D eigenvalue weighted by Gasteiger charge is 2.10. The number of hydrogen-bond donors (Lipinski definition) is 2. The van der Waals surface area contributed by atoms with Crippen LogP contribution in [0.4, 0.5) is 11.4 Å². The van der Waals surface area contributed by atoms with E-state index in [9.17, 15) is 19.7 Å². The van der Waals surface area contributed by atoms with Crippen molar-refractivity contribution in [3.8, 4) is 0 Å². The predicted octanol–water partition coefficient (Wildman–Crippen LogP) is 3.77. The SMILES string of the molecule is O=C(CCNC(=O)c1ccc([N+](=O)[O-])cc1)Nc1ccc(Br)cc1Cl. The number of carbonyl (C=O) groups excluding carboxylic acids is 2. The maximum absolute atomic E-state index is 11.9. The highest BCUT2D eigenvalue weighted by Crippen LogP contribution is 2.25. The average Bonchev–Trinajstić information content (AvgIpc) is 2.57. The number of nitrogens with zero attached hydrogens (tertiary/aromatic N) is 1. The fourth-order valence-electron chi connectivity index (χ4n) is 1.93. The highest BCUT2D eigenvalue weighted by atomic mass is 79.9. The zero-order chi connectivity index (χ0) is 18.4. The van der Waals surface area contributed by atoms with Gasteiger partial charge in [-0.1, -0.05) is 27.5 Å². The van der Waals surface area contributed by atoms with Crippen LogP contribution >= 0.6 is 27.5 Å². The van der Waals surface area contributed by atoms with Crippen LogP contribution in [0.2, 0.25) is 5.02 Å². The van der Waals surface area contributed by atoms with Gasteiger partial charge in [0, 0.05) is 35.1 Å². The van der Waals surface area contributed by atoms with E-state index in [1.165, 1.54) is 24.3 Å². The Labute approximate surface area is 156 Å². The second-order valence-corrected chi connectivity index (χ2v) is 6.31. The number of carbonyl (C=O) groups is 2. The molecule has 0 atom stereocenters. The summed E-state index contributed by atoms with van der Waals surface area (Å²) < 4.78 is 0.797. The lowest BCUT2D eigenvalue weighted by Crippen LogP contribution is -2.27. The van der Waals surface area contributed by atoms with E-state index < -0.39 is 10.8 Å². The molecule has 0 aromatic heterocycles. The summed E-state index contributed by atoms with van der Waals surface area (Å²) in [5.74, 6) is -0.711. The van der Waals surface area contributed by atoms with Crippen LogP contribution in [0.1, 0.15) is 16.8 Å². The quantitative estimate of drug-likeness (QED) is 0.542. The smallest absolute Gasteiger partial charge is 0.269 e. The Hall–Kier alpha value is -2.45. The molecule has 25 heavy (non-hydrogen) atoms. The molecule has 0 bridgehead atoms. The first kappa shape index (κ1) is 18.9. The maximum atomic E-state index is 11.9. The Kier molecular flexibility index (Phi) is 6.49. The van der Waals surface area contributed by atoms with Gasteiger partial charge in [0.05, 0.1) is 15.6 Å².